The number of carbonyl (C=O) groups excluding carboxylic acids is 1. The molecular weight excluding hydrogens is 414 g/mol. The van der Waals surface area contributed by atoms with E-state index in [1.165, 1.54) is 23.0 Å². The lowest BCUT2D eigenvalue weighted by Crippen LogP contribution is -2.40. The third-order valence-corrected chi connectivity index (χ3v) is 5.95. The minimum atomic E-state index is -0.598. The number of thiophene rings is 1. The van der Waals surface area contributed by atoms with Gasteiger partial charge in [0, 0.05) is 5.69 Å². The molecule has 4 aromatic rings. The summed E-state index contributed by atoms with van der Waals surface area (Å²) in [5.41, 5.74) is 1.45. The molecule has 2 heterocycles. The Kier molecular flexibility index (Phi) is 5.73. The van der Waals surface area contributed by atoms with E-state index in [1.807, 2.05) is 31.2 Å². The molecule has 8 heteroatoms. The van der Waals surface area contributed by atoms with Crippen molar-refractivity contribution in [3.63, 3.8) is 0 Å². The first-order chi connectivity index (χ1) is 15.0. The molecule has 0 bridgehead atoms. The van der Waals surface area contributed by atoms with Crippen molar-refractivity contribution in [2.24, 2.45) is 0 Å². The SMILES string of the molecule is CCc1ccccc1NC(=O)Cn1c(=O)n(-c2ccccc2OC)c(=O)c2sccc21. The number of aromatic nitrogens is 2. The van der Waals surface area contributed by atoms with Crippen LogP contribution in [0, 0.1) is 0 Å². The number of hydrogen-bond acceptors (Lipinski definition) is 5. The Morgan fingerprint density at radius 3 is 2.58 bits per heavy atom. The van der Waals surface area contributed by atoms with Gasteiger partial charge in [0.25, 0.3) is 5.56 Å². The number of anilines is 1. The highest BCUT2D eigenvalue weighted by Crippen LogP contribution is 2.22. The number of nitrogens with zero attached hydrogens (tertiary/aromatic N) is 2. The van der Waals surface area contributed by atoms with Gasteiger partial charge in [0.05, 0.1) is 18.3 Å². The normalized spacial score (nSPS) is 10.9. The number of fused-ring (bicyclic) bond motifs is 1. The molecule has 0 saturated heterocycles. The van der Waals surface area contributed by atoms with E-state index in [4.69, 9.17) is 4.74 Å². The van der Waals surface area contributed by atoms with Gasteiger partial charge in [-0.05, 0) is 41.6 Å². The highest BCUT2D eigenvalue weighted by Gasteiger charge is 2.19. The van der Waals surface area contributed by atoms with Gasteiger partial charge in [-0.25, -0.2) is 9.36 Å². The Balaban J connectivity index is 1.82. The lowest BCUT2D eigenvalue weighted by Gasteiger charge is -2.15. The minimum Gasteiger partial charge on any atom is -0.495 e. The van der Waals surface area contributed by atoms with Gasteiger partial charge in [-0.1, -0.05) is 37.3 Å². The predicted molar refractivity (Wildman–Crippen MR) is 123 cm³/mol. The second kappa shape index (κ2) is 8.61. The fourth-order valence-electron chi connectivity index (χ4n) is 3.55. The zero-order chi connectivity index (χ0) is 22.0. The van der Waals surface area contributed by atoms with Crippen molar-refractivity contribution >= 4 is 33.1 Å². The summed E-state index contributed by atoms with van der Waals surface area (Å²) in [6.45, 7) is 1.78. The van der Waals surface area contributed by atoms with Gasteiger partial charge >= 0.3 is 5.69 Å². The van der Waals surface area contributed by atoms with Crippen LogP contribution in [0.15, 0.2) is 69.6 Å². The average Bonchev–Trinajstić information content (AvgIpc) is 3.28. The van der Waals surface area contributed by atoms with E-state index in [9.17, 15) is 14.4 Å². The molecule has 0 aliphatic rings. The quantitative estimate of drug-likeness (QED) is 0.503. The van der Waals surface area contributed by atoms with E-state index >= 15 is 0 Å². The Morgan fingerprint density at radius 1 is 1.06 bits per heavy atom. The Labute approximate surface area is 182 Å². The summed E-state index contributed by atoms with van der Waals surface area (Å²) in [6.07, 6.45) is 0.768. The van der Waals surface area contributed by atoms with Crippen LogP contribution in [-0.2, 0) is 17.8 Å². The Bertz CT molecular complexity index is 1380. The van der Waals surface area contributed by atoms with Crippen LogP contribution in [0.3, 0.4) is 0 Å². The molecule has 0 aliphatic carbocycles. The van der Waals surface area contributed by atoms with Gasteiger partial charge in [-0.2, -0.15) is 0 Å². The number of nitrogens with one attached hydrogen (secondary N) is 1. The van der Waals surface area contributed by atoms with Crippen LogP contribution >= 0.6 is 11.3 Å². The molecule has 0 aliphatic heterocycles. The number of carbonyl (C=O) groups is 1. The predicted octanol–water partition coefficient (Wildman–Crippen LogP) is 3.42. The molecule has 0 atom stereocenters. The maximum Gasteiger partial charge on any atom is 0.336 e. The molecule has 0 unspecified atom stereocenters. The summed E-state index contributed by atoms with van der Waals surface area (Å²) >= 11 is 1.23. The summed E-state index contributed by atoms with van der Waals surface area (Å²) in [4.78, 5) is 39.3. The van der Waals surface area contributed by atoms with Crippen LogP contribution in [0.5, 0.6) is 5.75 Å². The molecule has 31 heavy (non-hydrogen) atoms. The zero-order valence-corrected chi connectivity index (χ0v) is 17.9. The summed E-state index contributed by atoms with van der Waals surface area (Å²) in [6, 6.07) is 16.0. The summed E-state index contributed by atoms with van der Waals surface area (Å²) < 4.78 is 8.12. The van der Waals surface area contributed by atoms with Gasteiger partial charge in [-0.3, -0.25) is 14.2 Å². The Morgan fingerprint density at radius 2 is 1.81 bits per heavy atom. The van der Waals surface area contributed by atoms with E-state index in [2.05, 4.69) is 5.32 Å². The third-order valence-electron chi connectivity index (χ3n) is 5.05. The first kappa shape index (κ1) is 20.6. The van der Waals surface area contributed by atoms with E-state index in [-0.39, 0.29) is 12.5 Å². The van der Waals surface area contributed by atoms with Crippen molar-refractivity contribution in [3.05, 3.63) is 86.4 Å². The molecule has 7 nitrogen and oxygen atoms in total. The molecule has 0 fully saturated rings. The van der Waals surface area contributed by atoms with Crippen molar-refractivity contribution < 1.29 is 9.53 Å². The van der Waals surface area contributed by atoms with Crippen LogP contribution in [0.1, 0.15) is 12.5 Å². The van der Waals surface area contributed by atoms with Gasteiger partial charge < -0.3 is 10.1 Å². The third kappa shape index (κ3) is 3.77. The van der Waals surface area contributed by atoms with Crippen LogP contribution in [0.4, 0.5) is 5.69 Å². The molecule has 0 spiro atoms. The fourth-order valence-corrected chi connectivity index (χ4v) is 4.38. The molecule has 2 aromatic heterocycles. The van der Waals surface area contributed by atoms with Crippen molar-refractivity contribution in [3.8, 4) is 11.4 Å². The average molecular weight is 436 g/mol. The van der Waals surface area contributed by atoms with Crippen molar-refractivity contribution in [1.29, 1.82) is 0 Å². The maximum atomic E-state index is 13.4. The highest BCUT2D eigenvalue weighted by molar-refractivity contribution is 7.17. The van der Waals surface area contributed by atoms with Crippen molar-refractivity contribution in [2.75, 3.05) is 12.4 Å². The van der Waals surface area contributed by atoms with Crippen LogP contribution in [-0.4, -0.2) is 22.2 Å². The number of rotatable bonds is 6. The highest BCUT2D eigenvalue weighted by atomic mass is 32.1. The summed E-state index contributed by atoms with van der Waals surface area (Å²) in [5, 5.41) is 4.62. The number of amides is 1. The van der Waals surface area contributed by atoms with Gasteiger partial charge in [0.2, 0.25) is 5.91 Å². The lowest BCUT2D eigenvalue weighted by molar-refractivity contribution is -0.116. The van der Waals surface area contributed by atoms with Crippen LogP contribution in [0.25, 0.3) is 15.9 Å². The van der Waals surface area contributed by atoms with Crippen molar-refractivity contribution in [1.82, 2.24) is 9.13 Å². The largest absolute Gasteiger partial charge is 0.495 e. The van der Waals surface area contributed by atoms with E-state index in [0.717, 1.165) is 16.6 Å². The summed E-state index contributed by atoms with van der Waals surface area (Å²) in [5.74, 6) is 0.0474. The van der Waals surface area contributed by atoms with E-state index in [0.29, 0.717) is 27.3 Å². The fraction of sp³-hybridized carbons (Fsp3) is 0.174. The van der Waals surface area contributed by atoms with E-state index < -0.39 is 11.2 Å². The van der Waals surface area contributed by atoms with Crippen molar-refractivity contribution in [2.45, 2.75) is 19.9 Å². The standard InChI is InChI=1S/C23H21N3O4S/c1-3-15-8-4-5-9-16(15)24-20(27)14-25-18-12-13-31-21(18)22(28)26(23(25)29)17-10-6-7-11-19(17)30-2/h4-13H,3,14H2,1-2H3,(H,24,27). The lowest BCUT2D eigenvalue weighted by atomic mass is 10.1. The number of methoxy groups -OCH3 is 1. The van der Waals surface area contributed by atoms with E-state index in [1.54, 1.807) is 35.7 Å². The minimum absolute atomic E-state index is 0.223. The molecule has 1 amide bonds. The number of benzene rings is 2. The first-order valence-electron chi connectivity index (χ1n) is 9.79. The number of para-hydroxylation sites is 3. The number of aryl methyl sites for hydroxylation is 1. The smallest absolute Gasteiger partial charge is 0.336 e. The molecule has 2 aromatic carbocycles. The maximum absolute atomic E-state index is 13.4. The van der Waals surface area contributed by atoms with Crippen LogP contribution < -0.4 is 21.3 Å². The second-order valence-corrected chi connectivity index (χ2v) is 7.79. The molecule has 0 radical (unpaired) electrons. The van der Waals surface area contributed by atoms with Gasteiger partial charge in [0.1, 0.15) is 17.0 Å². The monoisotopic (exact) mass is 435 g/mol. The molecule has 4 rings (SSSR count). The zero-order valence-electron chi connectivity index (χ0n) is 17.1. The first-order valence-corrected chi connectivity index (χ1v) is 10.7. The molecule has 0 saturated carbocycles. The number of hydrogen-bond donors (Lipinski definition) is 1. The topological polar surface area (TPSA) is 82.3 Å². The van der Waals surface area contributed by atoms with Gasteiger partial charge in [0.15, 0.2) is 0 Å². The summed E-state index contributed by atoms with van der Waals surface area (Å²) in [7, 11) is 1.48. The molecule has 158 valence electrons. The van der Waals surface area contributed by atoms with Gasteiger partial charge in [-0.15, -0.1) is 11.3 Å². The molecule has 1 N–H and O–H groups in total. The van der Waals surface area contributed by atoms with Crippen LogP contribution in [0.2, 0.25) is 0 Å². The molecular formula is C23H21N3O4S. The number of ether oxygens (including phenoxy) is 1. The second-order valence-electron chi connectivity index (χ2n) is 6.87. The Hall–Kier alpha value is -3.65.